The van der Waals surface area contributed by atoms with Crippen LogP contribution in [0.5, 0.6) is 5.75 Å². The molecule has 13 heteroatoms. The van der Waals surface area contributed by atoms with Crippen molar-refractivity contribution in [2.24, 2.45) is 5.92 Å². The maximum absolute atomic E-state index is 14.9. The molecule has 7 nitrogen and oxygen atoms in total. The molecule has 1 aliphatic rings. The van der Waals surface area contributed by atoms with Gasteiger partial charge in [0.1, 0.15) is 11.7 Å². The highest BCUT2D eigenvalue weighted by Gasteiger charge is 2.38. The standard InChI is InChI=1S/C28H24ClF5N2O5/c29-20-6-8-22(41-27(31)32)23(24(20)30)17-3-7-21(36(40)14-17)19(13-15-9-11-28(33,34)12-10-15)25(37)35-18-4-1-16(2-5-18)26(38)39/h1-8,14-15,19,27H,9-13H2,(H,35,37)(H,38,39)/t19-/m1/s1. The van der Waals surface area contributed by atoms with Gasteiger partial charge in [-0.1, -0.05) is 11.6 Å². The Bertz CT molecular complexity index is 1430. The molecule has 0 aliphatic heterocycles. The maximum Gasteiger partial charge on any atom is 0.387 e. The lowest BCUT2D eigenvalue weighted by atomic mass is 9.80. The smallest absolute Gasteiger partial charge is 0.387 e. The second kappa shape index (κ2) is 12.3. The van der Waals surface area contributed by atoms with E-state index in [4.69, 9.17) is 16.7 Å². The zero-order chi connectivity index (χ0) is 29.9. The third kappa shape index (κ3) is 7.24. The molecule has 0 bridgehead atoms. The van der Waals surface area contributed by atoms with Crippen LogP contribution in [0.2, 0.25) is 5.02 Å². The highest BCUT2D eigenvalue weighted by Crippen LogP contribution is 2.41. The van der Waals surface area contributed by atoms with E-state index in [-0.39, 0.29) is 65.3 Å². The summed E-state index contributed by atoms with van der Waals surface area (Å²) in [6.45, 7) is -3.28. The molecule has 1 amide bonds. The van der Waals surface area contributed by atoms with E-state index < -0.39 is 52.5 Å². The Labute approximate surface area is 236 Å². The molecule has 1 heterocycles. The normalized spacial score (nSPS) is 15.9. The number of anilines is 1. The second-order valence-corrected chi connectivity index (χ2v) is 10.1. The Morgan fingerprint density at radius 3 is 2.34 bits per heavy atom. The van der Waals surface area contributed by atoms with E-state index in [1.165, 1.54) is 36.4 Å². The molecule has 2 aromatic carbocycles. The van der Waals surface area contributed by atoms with Crippen LogP contribution < -0.4 is 14.8 Å². The molecule has 0 spiro atoms. The van der Waals surface area contributed by atoms with Gasteiger partial charge in [-0.3, -0.25) is 4.79 Å². The molecule has 1 saturated carbocycles. The maximum atomic E-state index is 14.9. The number of carboxylic acids is 1. The average Bonchev–Trinajstić information content (AvgIpc) is 2.90. The number of alkyl halides is 4. The number of ether oxygens (including phenoxy) is 1. The fourth-order valence-electron chi connectivity index (χ4n) is 4.86. The number of hydrogen-bond acceptors (Lipinski definition) is 4. The minimum absolute atomic E-state index is 0.0147. The summed E-state index contributed by atoms with van der Waals surface area (Å²) in [5, 5.41) is 24.5. The Morgan fingerprint density at radius 2 is 1.76 bits per heavy atom. The molecule has 218 valence electrons. The van der Waals surface area contributed by atoms with Crippen LogP contribution in [-0.4, -0.2) is 29.5 Å². The number of nitrogens with one attached hydrogen (secondary N) is 1. The fraction of sp³-hybridized carbons (Fsp3) is 0.321. The van der Waals surface area contributed by atoms with Crippen LogP contribution in [0.15, 0.2) is 54.7 Å². The van der Waals surface area contributed by atoms with E-state index in [2.05, 4.69) is 10.1 Å². The van der Waals surface area contributed by atoms with Gasteiger partial charge in [-0.25, -0.2) is 18.0 Å². The van der Waals surface area contributed by atoms with Crippen LogP contribution in [0.4, 0.5) is 27.6 Å². The van der Waals surface area contributed by atoms with Gasteiger partial charge in [0.2, 0.25) is 17.5 Å². The summed E-state index contributed by atoms with van der Waals surface area (Å²) in [7, 11) is 0. The summed E-state index contributed by atoms with van der Waals surface area (Å²) in [6, 6.07) is 9.79. The lowest BCUT2D eigenvalue weighted by Gasteiger charge is -2.30. The molecular formula is C28H24ClF5N2O5. The third-order valence-electron chi connectivity index (χ3n) is 6.98. The van der Waals surface area contributed by atoms with Crippen LogP contribution in [0.1, 0.15) is 54.1 Å². The van der Waals surface area contributed by atoms with Crippen LogP contribution in [0, 0.1) is 16.9 Å². The molecule has 2 N–H and O–H groups in total. The van der Waals surface area contributed by atoms with Crippen LogP contribution >= 0.6 is 11.6 Å². The number of benzene rings is 2. The van der Waals surface area contributed by atoms with E-state index in [0.717, 1.165) is 18.3 Å². The molecule has 0 radical (unpaired) electrons. The summed E-state index contributed by atoms with van der Waals surface area (Å²) in [5.41, 5.74) is -0.504. The number of aromatic carboxylic acids is 1. The quantitative estimate of drug-likeness (QED) is 0.157. The number of carbonyl (C=O) groups excluding carboxylic acids is 1. The largest absolute Gasteiger partial charge is 0.618 e. The van der Waals surface area contributed by atoms with Crippen LogP contribution in [-0.2, 0) is 4.79 Å². The van der Waals surface area contributed by atoms with E-state index in [9.17, 15) is 36.7 Å². The van der Waals surface area contributed by atoms with Crippen molar-refractivity contribution in [2.75, 3.05) is 5.32 Å². The second-order valence-electron chi connectivity index (χ2n) is 9.74. The van der Waals surface area contributed by atoms with E-state index in [1.807, 2.05) is 0 Å². The van der Waals surface area contributed by atoms with Crippen molar-refractivity contribution in [2.45, 2.75) is 50.6 Å². The van der Waals surface area contributed by atoms with Gasteiger partial charge in [0.25, 0.3) is 0 Å². The Kier molecular flexibility index (Phi) is 9.01. The first-order valence-corrected chi connectivity index (χ1v) is 12.9. The highest BCUT2D eigenvalue weighted by atomic mass is 35.5. The summed E-state index contributed by atoms with van der Waals surface area (Å²) in [5.74, 6) is -7.73. The predicted molar refractivity (Wildman–Crippen MR) is 139 cm³/mol. The van der Waals surface area contributed by atoms with Gasteiger partial charge in [0.15, 0.2) is 12.0 Å². The van der Waals surface area contributed by atoms with Crippen LogP contribution in [0.3, 0.4) is 0 Å². The van der Waals surface area contributed by atoms with Crippen molar-refractivity contribution in [3.63, 3.8) is 0 Å². The number of aromatic nitrogens is 1. The molecular weight excluding hydrogens is 575 g/mol. The lowest BCUT2D eigenvalue weighted by molar-refractivity contribution is -0.614. The number of halogens is 6. The number of carbonyl (C=O) groups is 2. The number of rotatable bonds is 9. The van der Waals surface area contributed by atoms with Gasteiger partial charge in [-0.15, -0.1) is 0 Å². The molecule has 4 rings (SSSR count). The molecule has 1 aromatic heterocycles. The number of amides is 1. The first-order chi connectivity index (χ1) is 19.3. The van der Waals surface area contributed by atoms with Gasteiger partial charge >= 0.3 is 12.6 Å². The Balaban J connectivity index is 1.68. The van der Waals surface area contributed by atoms with Crippen molar-refractivity contribution < 1.29 is 46.1 Å². The van der Waals surface area contributed by atoms with Crippen molar-refractivity contribution in [3.05, 3.63) is 82.0 Å². The van der Waals surface area contributed by atoms with Crippen molar-refractivity contribution in [1.82, 2.24) is 0 Å². The van der Waals surface area contributed by atoms with E-state index >= 15 is 0 Å². The van der Waals surface area contributed by atoms with Gasteiger partial charge in [0, 0.05) is 24.6 Å². The predicted octanol–water partition coefficient (Wildman–Crippen LogP) is 7.02. The SMILES string of the molecule is O=C(O)c1ccc(NC(=O)[C@H](CC2CCC(F)(F)CC2)c2ccc(-c3c(OC(F)F)ccc(Cl)c3F)c[n+]2[O-])cc1. The highest BCUT2D eigenvalue weighted by molar-refractivity contribution is 6.31. The minimum Gasteiger partial charge on any atom is -0.618 e. The molecule has 1 atom stereocenters. The zero-order valence-corrected chi connectivity index (χ0v) is 22.0. The topological polar surface area (TPSA) is 103 Å². The van der Waals surface area contributed by atoms with Crippen molar-refractivity contribution in [3.8, 4) is 16.9 Å². The van der Waals surface area contributed by atoms with E-state index in [1.54, 1.807) is 0 Å². The molecule has 0 saturated heterocycles. The third-order valence-corrected chi connectivity index (χ3v) is 7.28. The number of pyridine rings is 1. The summed E-state index contributed by atoms with van der Waals surface area (Å²) in [4.78, 5) is 24.5. The monoisotopic (exact) mass is 598 g/mol. The Hall–Kier alpha value is -3.93. The van der Waals surface area contributed by atoms with E-state index in [0.29, 0.717) is 0 Å². The van der Waals surface area contributed by atoms with Gasteiger partial charge in [-0.2, -0.15) is 13.5 Å². The molecule has 0 unspecified atom stereocenters. The van der Waals surface area contributed by atoms with Gasteiger partial charge in [-0.05, 0) is 67.6 Å². The number of hydrogen-bond donors (Lipinski definition) is 2. The summed E-state index contributed by atoms with van der Waals surface area (Å²) >= 11 is 5.83. The summed E-state index contributed by atoms with van der Waals surface area (Å²) in [6.07, 6.45) is 0.466. The number of nitrogens with zero attached hydrogens (tertiary/aromatic N) is 1. The molecule has 1 fully saturated rings. The van der Waals surface area contributed by atoms with Gasteiger partial charge in [0.05, 0.1) is 21.7 Å². The minimum atomic E-state index is -3.28. The number of carboxylic acid groups (broad SMARTS) is 1. The molecule has 3 aromatic rings. The summed E-state index contributed by atoms with van der Waals surface area (Å²) < 4.78 is 72.9. The van der Waals surface area contributed by atoms with Crippen LogP contribution in [0.25, 0.3) is 11.1 Å². The van der Waals surface area contributed by atoms with Crippen molar-refractivity contribution >= 4 is 29.2 Å². The first-order valence-electron chi connectivity index (χ1n) is 12.5. The average molecular weight is 599 g/mol. The lowest BCUT2D eigenvalue weighted by Crippen LogP contribution is -2.38. The molecule has 1 aliphatic carbocycles. The Morgan fingerprint density at radius 1 is 1.10 bits per heavy atom. The zero-order valence-electron chi connectivity index (χ0n) is 21.3. The van der Waals surface area contributed by atoms with Gasteiger partial charge < -0.3 is 20.4 Å². The fourth-order valence-corrected chi connectivity index (χ4v) is 5.02. The first kappa shape index (κ1) is 30.0. The molecule has 41 heavy (non-hydrogen) atoms. The van der Waals surface area contributed by atoms with Crippen molar-refractivity contribution in [1.29, 1.82) is 0 Å².